The minimum absolute atomic E-state index is 0.211. The van der Waals surface area contributed by atoms with E-state index in [1.807, 2.05) is 0 Å². The van der Waals surface area contributed by atoms with Gasteiger partial charge in [-0.25, -0.2) is 0 Å². The third-order valence-corrected chi connectivity index (χ3v) is 0.348. The fraction of sp³-hybridized carbons (Fsp3) is 0.778. The molecule has 0 spiro atoms. The van der Waals surface area contributed by atoms with Gasteiger partial charge in [-0.2, -0.15) is 0 Å². The summed E-state index contributed by atoms with van der Waals surface area (Å²) in [6.45, 7) is 6.67. The summed E-state index contributed by atoms with van der Waals surface area (Å²) in [7, 11) is 0. The monoisotopic (exact) mass is 312 g/mol. The van der Waals surface area contributed by atoms with Crippen molar-refractivity contribution >= 4 is 46.7 Å². The lowest BCUT2D eigenvalue weighted by Crippen LogP contribution is -1.95. The number of carbonyl (C=O) groups is 2. The average Bonchev–Trinajstić information content (AvgIpc) is 2.01. The van der Waals surface area contributed by atoms with Crippen molar-refractivity contribution in [2.75, 3.05) is 13.2 Å². The summed E-state index contributed by atoms with van der Waals surface area (Å²) in [4.78, 5) is 18.8. The molecule has 0 aromatic rings. The first-order valence-corrected chi connectivity index (χ1v) is 5.82. The summed E-state index contributed by atoms with van der Waals surface area (Å²) >= 11 is 14.4. The zero-order valence-electron chi connectivity index (χ0n) is 10.2. The van der Waals surface area contributed by atoms with E-state index in [9.17, 15) is 4.79 Å². The van der Waals surface area contributed by atoms with Crippen molar-refractivity contribution in [1.29, 1.82) is 0 Å². The Morgan fingerprint density at radius 1 is 1.18 bits per heavy atom. The van der Waals surface area contributed by atoms with Gasteiger partial charge in [-0.15, -0.1) is 0 Å². The normalized spacial score (nSPS) is 7.35. The predicted octanol–water partition coefficient (Wildman–Crippen LogP) is 2.65. The summed E-state index contributed by atoms with van der Waals surface area (Å²) in [6.07, 6.45) is 0. The molecule has 0 aromatic heterocycles. The summed E-state index contributed by atoms with van der Waals surface area (Å²) in [5, 5.41) is 15.0. The summed E-state index contributed by atoms with van der Waals surface area (Å²) in [5.74, 6) is -1.04. The van der Waals surface area contributed by atoms with E-state index < -0.39 is 10.3 Å². The maximum Gasteiger partial charge on any atom is 0.302 e. The number of hydrogen-bond donors (Lipinski definition) is 2. The Bertz CT molecular complexity index is 158. The van der Waals surface area contributed by atoms with Crippen LogP contribution in [0.2, 0.25) is 0 Å². The Balaban J connectivity index is -0.0000000688. The zero-order valence-corrected chi connectivity index (χ0v) is 12.5. The second kappa shape index (κ2) is 24.8. The van der Waals surface area contributed by atoms with E-state index in [2.05, 4.69) is 4.74 Å². The van der Waals surface area contributed by atoms with E-state index in [0.29, 0.717) is 6.61 Å². The van der Waals surface area contributed by atoms with Gasteiger partial charge in [-0.05, 0) is 13.8 Å². The Morgan fingerprint density at radius 3 is 1.35 bits per heavy atom. The van der Waals surface area contributed by atoms with Gasteiger partial charge in [-0.1, -0.05) is 34.8 Å². The van der Waals surface area contributed by atoms with Crippen LogP contribution in [0.4, 0.5) is 0 Å². The number of hydrogen-bond acceptors (Lipinski definition) is 4. The lowest BCUT2D eigenvalue weighted by atomic mass is 10.8. The van der Waals surface area contributed by atoms with E-state index in [4.69, 9.17) is 49.8 Å². The number of aliphatic carboxylic acids is 1. The Labute approximate surface area is 117 Å². The highest BCUT2D eigenvalue weighted by Gasteiger charge is 1.81. The molecule has 0 unspecified atom stereocenters. The van der Waals surface area contributed by atoms with Crippen molar-refractivity contribution in [3.8, 4) is 0 Å². The van der Waals surface area contributed by atoms with Gasteiger partial charge in [0.25, 0.3) is 5.97 Å². The topological polar surface area (TPSA) is 83.8 Å². The highest BCUT2D eigenvalue weighted by Crippen LogP contribution is 2.03. The van der Waals surface area contributed by atoms with Gasteiger partial charge in [-0.3, -0.25) is 9.59 Å². The maximum atomic E-state index is 9.82. The molecule has 0 bridgehead atoms. The molecule has 0 saturated carbocycles. The van der Waals surface area contributed by atoms with Crippen LogP contribution < -0.4 is 0 Å². The number of alkyl halides is 3. The van der Waals surface area contributed by atoms with Crippen LogP contribution in [0.5, 0.6) is 0 Å². The quantitative estimate of drug-likeness (QED) is 0.574. The molecule has 0 heterocycles. The molecule has 0 aromatic carbocycles. The number of rotatable bonds is 1. The molecule has 0 radical (unpaired) electrons. The highest BCUT2D eigenvalue weighted by molar-refractivity contribution is 6.63. The molecule has 0 aliphatic rings. The van der Waals surface area contributed by atoms with E-state index in [1.54, 1.807) is 13.8 Å². The van der Waals surface area contributed by atoms with Crippen LogP contribution in [0.15, 0.2) is 0 Å². The molecule has 17 heavy (non-hydrogen) atoms. The second-order valence-corrected chi connectivity index (χ2v) is 3.99. The molecular weight excluding hydrogens is 294 g/mol. The number of carboxylic acids is 1. The van der Waals surface area contributed by atoms with Gasteiger partial charge in [0, 0.05) is 20.5 Å². The standard InChI is InChI=1S/C4H8O2.C2H4O2.C2H6O.CHCl3/c1-3-6-4(2)5;1-2(3)4;1-2-3;2-1(3)4/h3H2,1-2H3;1H3,(H,3,4);3H,2H2,1H3;1H. The number of ether oxygens (including phenoxy) is 1. The smallest absolute Gasteiger partial charge is 0.302 e. The fourth-order valence-corrected chi connectivity index (χ4v) is 0.203. The molecule has 0 rings (SSSR count). The first-order chi connectivity index (χ1) is 7.65. The number of carboxylic acid groups (broad SMARTS) is 1. The van der Waals surface area contributed by atoms with Crippen LogP contribution in [0, 0.1) is 0 Å². The molecule has 5 nitrogen and oxygen atoms in total. The first kappa shape index (κ1) is 25.6. The van der Waals surface area contributed by atoms with Crippen LogP contribution in [0.1, 0.15) is 27.7 Å². The first-order valence-electron chi connectivity index (χ1n) is 4.51. The van der Waals surface area contributed by atoms with Gasteiger partial charge in [0.1, 0.15) is 0 Å². The summed E-state index contributed by atoms with van der Waals surface area (Å²) < 4.78 is 3.65. The molecular formula is C9H19Cl3O5. The van der Waals surface area contributed by atoms with Crippen LogP contribution in [-0.2, 0) is 14.3 Å². The van der Waals surface area contributed by atoms with Crippen LogP contribution in [0.3, 0.4) is 0 Å². The second-order valence-electron chi connectivity index (χ2n) is 2.01. The van der Waals surface area contributed by atoms with Crippen molar-refractivity contribution in [3.05, 3.63) is 0 Å². The lowest BCUT2D eigenvalue weighted by molar-refractivity contribution is -0.140. The Hall–Kier alpha value is -0.230. The van der Waals surface area contributed by atoms with Crippen molar-refractivity contribution < 1.29 is 24.5 Å². The van der Waals surface area contributed by atoms with Gasteiger partial charge >= 0.3 is 5.97 Å². The molecule has 0 aliphatic carbocycles. The molecule has 0 fully saturated rings. The Kier molecular flexibility index (Phi) is 37.4. The number of esters is 1. The van der Waals surface area contributed by atoms with Crippen LogP contribution in [-0.4, -0.2) is 39.7 Å². The molecule has 0 aliphatic heterocycles. The predicted molar refractivity (Wildman–Crippen MR) is 69.7 cm³/mol. The largest absolute Gasteiger partial charge is 0.481 e. The maximum absolute atomic E-state index is 9.82. The minimum Gasteiger partial charge on any atom is -0.481 e. The lowest BCUT2D eigenvalue weighted by Gasteiger charge is -1.89. The molecule has 2 N–H and O–H groups in total. The number of aliphatic hydroxyl groups is 1. The number of aliphatic hydroxyl groups excluding tert-OH is 1. The van der Waals surface area contributed by atoms with Crippen molar-refractivity contribution in [2.45, 2.75) is 32.0 Å². The van der Waals surface area contributed by atoms with Crippen molar-refractivity contribution in [3.63, 3.8) is 0 Å². The van der Waals surface area contributed by atoms with Crippen molar-refractivity contribution in [1.82, 2.24) is 0 Å². The SMILES string of the molecule is CC(=O)O.CCO.CCOC(C)=O.ClC(Cl)Cl. The van der Waals surface area contributed by atoms with Crippen LogP contribution >= 0.6 is 34.8 Å². The van der Waals surface area contributed by atoms with Gasteiger partial charge in [0.05, 0.1) is 6.61 Å². The third kappa shape index (κ3) is 390. The van der Waals surface area contributed by atoms with E-state index >= 15 is 0 Å². The van der Waals surface area contributed by atoms with Gasteiger partial charge in [0.15, 0.2) is 4.30 Å². The number of carbonyl (C=O) groups excluding carboxylic acids is 1. The van der Waals surface area contributed by atoms with Gasteiger partial charge < -0.3 is 14.9 Å². The Morgan fingerprint density at radius 2 is 1.35 bits per heavy atom. The fourth-order valence-electron chi connectivity index (χ4n) is 0.203. The van der Waals surface area contributed by atoms with Crippen molar-refractivity contribution in [2.24, 2.45) is 0 Å². The molecule has 8 heteroatoms. The molecule has 0 amide bonds. The van der Waals surface area contributed by atoms with E-state index in [1.165, 1.54) is 6.92 Å². The summed E-state index contributed by atoms with van der Waals surface area (Å²) in [5.41, 5.74) is 0. The van der Waals surface area contributed by atoms with Gasteiger partial charge in [0.2, 0.25) is 0 Å². The minimum atomic E-state index is -0.833. The van der Waals surface area contributed by atoms with Crippen LogP contribution in [0.25, 0.3) is 0 Å². The summed E-state index contributed by atoms with van der Waals surface area (Å²) in [6, 6.07) is 0. The average molecular weight is 314 g/mol. The third-order valence-electron chi connectivity index (χ3n) is 0.348. The molecule has 0 saturated heterocycles. The van der Waals surface area contributed by atoms with E-state index in [0.717, 1.165) is 6.92 Å². The highest BCUT2D eigenvalue weighted by atomic mass is 35.6. The van der Waals surface area contributed by atoms with E-state index in [-0.39, 0.29) is 12.6 Å². The zero-order chi connectivity index (χ0) is 14.9. The number of halogens is 3. The molecule has 106 valence electrons. The molecule has 0 atom stereocenters.